The van der Waals surface area contributed by atoms with Crippen LogP contribution in [-0.2, 0) is 5.41 Å². The van der Waals surface area contributed by atoms with Crippen molar-refractivity contribution in [2.24, 2.45) is 0 Å². The third-order valence-electron chi connectivity index (χ3n) is 10.5. The summed E-state index contributed by atoms with van der Waals surface area (Å²) in [6.07, 6.45) is 0. The van der Waals surface area contributed by atoms with Crippen molar-refractivity contribution in [2.75, 3.05) is 0 Å². The Morgan fingerprint density at radius 1 is 0.289 bits per heavy atom. The number of benzene rings is 7. The molecule has 11 rings (SSSR count). The van der Waals surface area contributed by atoms with Crippen LogP contribution in [0.15, 0.2) is 158 Å². The van der Waals surface area contributed by atoms with Crippen molar-refractivity contribution in [3.8, 4) is 22.3 Å². The number of para-hydroxylation sites is 3. The van der Waals surface area contributed by atoms with E-state index < -0.39 is 0 Å². The molecule has 2 aromatic heterocycles. The monoisotopic (exact) mass is 570 g/mol. The van der Waals surface area contributed by atoms with Crippen molar-refractivity contribution in [1.29, 1.82) is 0 Å². The molecule has 0 aliphatic heterocycles. The first-order chi connectivity index (χ1) is 22.4. The average Bonchev–Trinajstić information content (AvgIpc) is 3.79. The van der Waals surface area contributed by atoms with Crippen LogP contribution in [0.4, 0.5) is 0 Å². The number of nitrogens with zero attached hydrogens (tertiary/aromatic N) is 2. The Morgan fingerprint density at radius 3 is 1.18 bits per heavy atom. The molecule has 0 N–H and O–H groups in total. The molecule has 2 heteroatoms. The van der Waals surface area contributed by atoms with Crippen LogP contribution >= 0.6 is 0 Å². The van der Waals surface area contributed by atoms with Crippen LogP contribution in [0.5, 0.6) is 0 Å². The molecule has 9 aromatic rings. The fourth-order valence-electron chi connectivity index (χ4n) is 8.87. The minimum Gasteiger partial charge on any atom is -0.248 e. The first kappa shape index (κ1) is 23.6. The molecular weight excluding hydrogens is 544 g/mol. The van der Waals surface area contributed by atoms with Gasteiger partial charge in [-0.1, -0.05) is 127 Å². The molecule has 0 saturated heterocycles. The lowest BCUT2D eigenvalue weighted by Crippen LogP contribution is -2.25. The summed E-state index contributed by atoms with van der Waals surface area (Å²) < 4.78 is 4.89. The molecule has 2 heterocycles. The Labute approximate surface area is 260 Å². The predicted molar refractivity (Wildman–Crippen MR) is 186 cm³/mol. The fraction of sp³-hybridized carbons (Fsp3) is 0.0233. The lowest BCUT2D eigenvalue weighted by molar-refractivity contribution is 0.773. The second-order valence-electron chi connectivity index (χ2n) is 12.5. The van der Waals surface area contributed by atoms with Crippen LogP contribution in [0.1, 0.15) is 22.3 Å². The quantitative estimate of drug-likeness (QED) is 0.186. The minimum absolute atomic E-state index is 0.358. The topological polar surface area (TPSA) is 9.86 Å². The Kier molecular flexibility index (Phi) is 4.29. The highest BCUT2D eigenvalue weighted by Gasteiger charge is 2.51. The van der Waals surface area contributed by atoms with Crippen LogP contribution in [0.25, 0.3) is 65.9 Å². The SMILES string of the molecule is c1ccc2c(c1)-c1ccccc1C21c2ccccc2-c2cc3c(cc21)c1ccccc1n3-n1c2ccccc2c2ccccc21. The highest BCUT2D eigenvalue weighted by atomic mass is 15.5. The molecule has 0 fully saturated rings. The van der Waals surface area contributed by atoms with Gasteiger partial charge in [0.15, 0.2) is 0 Å². The van der Waals surface area contributed by atoms with Gasteiger partial charge >= 0.3 is 0 Å². The van der Waals surface area contributed by atoms with E-state index in [9.17, 15) is 0 Å². The van der Waals surface area contributed by atoms with E-state index in [4.69, 9.17) is 0 Å². The maximum atomic E-state index is 2.52. The third-order valence-corrected chi connectivity index (χ3v) is 10.5. The molecule has 2 aliphatic rings. The molecule has 0 unspecified atom stereocenters. The predicted octanol–water partition coefficient (Wildman–Crippen LogP) is 10.6. The van der Waals surface area contributed by atoms with E-state index in [1.165, 1.54) is 88.1 Å². The van der Waals surface area contributed by atoms with Crippen molar-refractivity contribution in [1.82, 2.24) is 9.35 Å². The van der Waals surface area contributed by atoms with Gasteiger partial charge in [0.25, 0.3) is 0 Å². The van der Waals surface area contributed by atoms with E-state index in [0.29, 0.717) is 0 Å². The minimum atomic E-state index is -0.358. The Balaban J connectivity index is 1.34. The van der Waals surface area contributed by atoms with Crippen LogP contribution in [0, 0.1) is 0 Å². The Hall–Kier alpha value is -5.86. The largest absolute Gasteiger partial charge is 0.248 e. The van der Waals surface area contributed by atoms with Crippen LogP contribution < -0.4 is 0 Å². The zero-order valence-electron chi connectivity index (χ0n) is 24.4. The zero-order chi connectivity index (χ0) is 29.3. The van der Waals surface area contributed by atoms with Crippen molar-refractivity contribution in [2.45, 2.75) is 5.41 Å². The molecule has 2 nitrogen and oxygen atoms in total. The molecule has 7 aromatic carbocycles. The number of fused-ring (bicyclic) bond motifs is 16. The van der Waals surface area contributed by atoms with E-state index in [1.807, 2.05) is 0 Å². The second kappa shape index (κ2) is 8.19. The summed E-state index contributed by atoms with van der Waals surface area (Å²) in [4.78, 5) is 0. The summed E-state index contributed by atoms with van der Waals surface area (Å²) in [7, 11) is 0. The van der Waals surface area contributed by atoms with Crippen LogP contribution in [-0.4, -0.2) is 9.35 Å². The summed E-state index contributed by atoms with van der Waals surface area (Å²) in [5.41, 5.74) is 15.3. The molecule has 2 aliphatic carbocycles. The second-order valence-corrected chi connectivity index (χ2v) is 12.5. The highest BCUT2D eigenvalue weighted by molar-refractivity contribution is 6.13. The molecule has 45 heavy (non-hydrogen) atoms. The summed E-state index contributed by atoms with van der Waals surface area (Å²) in [5.74, 6) is 0. The van der Waals surface area contributed by atoms with Gasteiger partial charge < -0.3 is 0 Å². The van der Waals surface area contributed by atoms with E-state index in [1.54, 1.807) is 0 Å². The highest BCUT2D eigenvalue weighted by Crippen LogP contribution is 2.63. The Bertz CT molecular complexity index is 2620. The van der Waals surface area contributed by atoms with Gasteiger partial charge in [-0.25, -0.2) is 9.35 Å². The smallest absolute Gasteiger partial charge is 0.0725 e. The molecule has 0 bridgehead atoms. The van der Waals surface area contributed by atoms with E-state index in [2.05, 4.69) is 167 Å². The van der Waals surface area contributed by atoms with Crippen molar-refractivity contribution < 1.29 is 0 Å². The van der Waals surface area contributed by atoms with E-state index >= 15 is 0 Å². The molecular formula is C43H26N2. The van der Waals surface area contributed by atoms with Gasteiger partial charge in [-0.3, -0.25) is 0 Å². The van der Waals surface area contributed by atoms with Crippen molar-refractivity contribution in [3.05, 3.63) is 180 Å². The average molecular weight is 571 g/mol. The number of hydrogen-bond donors (Lipinski definition) is 0. The van der Waals surface area contributed by atoms with Crippen molar-refractivity contribution >= 4 is 43.6 Å². The number of hydrogen-bond acceptors (Lipinski definition) is 0. The van der Waals surface area contributed by atoms with Gasteiger partial charge in [0.1, 0.15) is 0 Å². The first-order valence-electron chi connectivity index (χ1n) is 15.7. The first-order valence-corrected chi connectivity index (χ1v) is 15.7. The van der Waals surface area contributed by atoms with Gasteiger partial charge in [0, 0.05) is 21.5 Å². The zero-order valence-corrected chi connectivity index (χ0v) is 24.4. The molecule has 0 atom stereocenters. The molecule has 1 spiro atoms. The molecule has 0 radical (unpaired) electrons. The summed E-state index contributed by atoms with van der Waals surface area (Å²) in [6.45, 7) is 0. The van der Waals surface area contributed by atoms with Gasteiger partial charge in [0.05, 0.1) is 27.5 Å². The normalized spacial score (nSPS) is 14.0. The summed E-state index contributed by atoms with van der Waals surface area (Å²) in [5, 5.41) is 5.08. The van der Waals surface area contributed by atoms with Crippen LogP contribution in [0.3, 0.4) is 0 Å². The number of rotatable bonds is 1. The maximum Gasteiger partial charge on any atom is 0.0725 e. The van der Waals surface area contributed by atoms with Gasteiger partial charge in [-0.2, -0.15) is 0 Å². The molecule has 0 amide bonds. The number of aromatic nitrogens is 2. The summed E-state index contributed by atoms with van der Waals surface area (Å²) in [6, 6.07) is 58.7. The Morgan fingerprint density at radius 2 is 0.667 bits per heavy atom. The van der Waals surface area contributed by atoms with E-state index in [-0.39, 0.29) is 5.41 Å². The van der Waals surface area contributed by atoms with Gasteiger partial charge in [-0.15, -0.1) is 0 Å². The standard InChI is InChI=1S/C43H26N2/c1-7-19-35-27(13-1)28-14-2-8-20-36(28)43(35)37-21-9-3-15-29(37)33-26-42-34(25-38(33)43)32-18-6-12-24-41(32)45(42)44-39-22-10-4-16-30(39)31-17-5-11-23-40(31)44/h1-26H. The van der Waals surface area contributed by atoms with Gasteiger partial charge in [0.2, 0.25) is 0 Å². The fourth-order valence-corrected chi connectivity index (χ4v) is 8.87. The molecule has 208 valence electrons. The van der Waals surface area contributed by atoms with Gasteiger partial charge in [-0.05, 0) is 74.8 Å². The van der Waals surface area contributed by atoms with Crippen LogP contribution in [0.2, 0.25) is 0 Å². The third kappa shape index (κ3) is 2.69. The maximum absolute atomic E-state index is 2.52. The molecule has 0 saturated carbocycles. The lowest BCUT2D eigenvalue weighted by atomic mass is 9.70. The summed E-state index contributed by atoms with van der Waals surface area (Å²) >= 11 is 0. The van der Waals surface area contributed by atoms with Crippen molar-refractivity contribution in [3.63, 3.8) is 0 Å². The lowest BCUT2D eigenvalue weighted by Gasteiger charge is -2.30. The van der Waals surface area contributed by atoms with E-state index in [0.717, 1.165) is 0 Å².